The number of aromatic nitrogens is 2. The van der Waals surface area contributed by atoms with Gasteiger partial charge in [0.05, 0.1) is 16.8 Å². The zero-order valence-electron chi connectivity index (χ0n) is 26.4. The van der Waals surface area contributed by atoms with E-state index >= 15 is 0 Å². The molecule has 46 heavy (non-hydrogen) atoms. The van der Waals surface area contributed by atoms with Gasteiger partial charge in [-0.05, 0) is 69.8 Å². The molecule has 1 aromatic carbocycles. The molecule has 2 fully saturated rings. The van der Waals surface area contributed by atoms with E-state index in [1.54, 1.807) is 29.6 Å². The van der Waals surface area contributed by atoms with Gasteiger partial charge in [-0.2, -0.15) is 5.26 Å². The number of nitrogens with one attached hydrogen (secondary N) is 2. The first-order chi connectivity index (χ1) is 22.3. The first-order valence-electron chi connectivity index (χ1n) is 15.8. The highest BCUT2D eigenvalue weighted by Crippen LogP contribution is 2.34. The molecule has 0 aliphatic carbocycles. The monoisotopic (exact) mass is 626 g/mol. The van der Waals surface area contributed by atoms with E-state index in [1.165, 1.54) is 10.6 Å². The van der Waals surface area contributed by atoms with Gasteiger partial charge in [0.2, 0.25) is 0 Å². The summed E-state index contributed by atoms with van der Waals surface area (Å²) >= 11 is 0. The molecule has 3 aliphatic heterocycles. The van der Waals surface area contributed by atoms with Crippen LogP contribution in [0.15, 0.2) is 72.5 Å². The fraction of sp³-hybridized carbons (Fsp3) is 0.412. The van der Waals surface area contributed by atoms with E-state index in [9.17, 15) is 19.2 Å². The molecule has 2 aromatic heterocycles. The molecule has 2 N–H and O–H groups in total. The third kappa shape index (κ3) is 5.84. The summed E-state index contributed by atoms with van der Waals surface area (Å²) in [5.41, 5.74) is 1.33. The summed E-state index contributed by atoms with van der Waals surface area (Å²) in [6.45, 7) is 7.32. The number of carbonyl (C=O) groups is 2. The molecule has 11 nitrogen and oxygen atoms in total. The van der Waals surface area contributed by atoms with Crippen LogP contribution < -0.4 is 10.6 Å². The lowest BCUT2D eigenvalue weighted by Crippen LogP contribution is -2.57. The lowest BCUT2D eigenvalue weighted by molar-refractivity contribution is -0.120. The molecule has 6 rings (SSSR count). The van der Waals surface area contributed by atoms with Crippen LogP contribution in [0.3, 0.4) is 0 Å². The fourth-order valence-corrected chi connectivity index (χ4v) is 6.78. The maximum absolute atomic E-state index is 14.1. The number of hydrogen-bond donors (Lipinski definition) is 2. The van der Waals surface area contributed by atoms with Crippen molar-refractivity contribution in [2.24, 2.45) is 0 Å². The smallest absolute Gasteiger partial charge is 0.328 e. The predicted molar refractivity (Wildman–Crippen MR) is 171 cm³/mol. The van der Waals surface area contributed by atoms with E-state index < -0.39 is 11.5 Å². The lowest BCUT2D eigenvalue weighted by Gasteiger charge is -2.45. The number of ether oxygens (including phenoxy) is 1. The Morgan fingerprint density at radius 2 is 2.07 bits per heavy atom. The number of fused-ring (bicyclic) bond motifs is 1. The highest BCUT2D eigenvalue weighted by molar-refractivity contribution is 5.96. The number of halogens is 1. The number of allylic oxidation sites excluding steroid dienone is 1. The Morgan fingerprint density at radius 3 is 2.76 bits per heavy atom. The van der Waals surface area contributed by atoms with Crippen LogP contribution in [0, 0.1) is 17.1 Å². The quantitative estimate of drug-likeness (QED) is 0.409. The van der Waals surface area contributed by atoms with Crippen molar-refractivity contribution in [2.45, 2.75) is 44.5 Å². The number of hydrogen-bond acceptors (Lipinski definition) is 8. The molecule has 0 saturated carbocycles. The number of likely N-dealkylation sites (tertiary alicyclic amines) is 1. The Hall–Kier alpha value is -4.73. The van der Waals surface area contributed by atoms with Crippen molar-refractivity contribution in [2.75, 3.05) is 46.4 Å². The van der Waals surface area contributed by atoms with Gasteiger partial charge in [0.1, 0.15) is 17.6 Å². The topological polar surface area (TPSA) is 119 Å². The van der Waals surface area contributed by atoms with Crippen LogP contribution in [0.2, 0.25) is 0 Å². The number of piperazine rings is 1. The Balaban J connectivity index is 1.31. The molecular formula is C34H39FN8O3. The summed E-state index contributed by atoms with van der Waals surface area (Å²) in [4.78, 5) is 38.3. The summed E-state index contributed by atoms with van der Waals surface area (Å²) in [7, 11) is 2.05. The summed E-state index contributed by atoms with van der Waals surface area (Å²) < 4.78 is 21.8. The fourth-order valence-electron chi connectivity index (χ4n) is 6.78. The van der Waals surface area contributed by atoms with Crippen LogP contribution in [0.1, 0.15) is 37.8 Å². The first-order valence-corrected chi connectivity index (χ1v) is 15.8. The summed E-state index contributed by atoms with van der Waals surface area (Å²) in [6.07, 6.45) is 10.5. The van der Waals surface area contributed by atoms with Crippen LogP contribution in [0.5, 0.6) is 0 Å². The Bertz CT molecular complexity index is 1730. The van der Waals surface area contributed by atoms with E-state index in [4.69, 9.17) is 4.74 Å². The molecule has 240 valence electrons. The van der Waals surface area contributed by atoms with Gasteiger partial charge in [0.15, 0.2) is 5.72 Å². The minimum Gasteiger partial charge on any atom is -0.363 e. The Labute approximate surface area is 267 Å². The van der Waals surface area contributed by atoms with Crippen molar-refractivity contribution in [1.29, 1.82) is 5.26 Å². The number of nitrogens with zero attached hydrogens (tertiary/aromatic N) is 6. The second-order valence-corrected chi connectivity index (χ2v) is 12.0. The largest absolute Gasteiger partial charge is 0.363 e. The van der Waals surface area contributed by atoms with Crippen LogP contribution in [0.4, 0.5) is 9.18 Å². The van der Waals surface area contributed by atoms with Crippen LogP contribution in [-0.2, 0) is 15.3 Å². The van der Waals surface area contributed by atoms with E-state index in [0.717, 1.165) is 36.8 Å². The van der Waals surface area contributed by atoms with Crippen molar-refractivity contribution >= 4 is 22.8 Å². The average molecular weight is 627 g/mol. The molecule has 2 saturated heterocycles. The van der Waals surface area contributed by atoms with Crippen LogP contribution in [-0.4, -0.2) is 94.7 Å². The Kier molecular flexibility index (Phi) is 8.80. The molecule has 12 heteroatoms. The van der Waals surface area contributed by atoms with Crippen LogP contribution in [0.25, 0.3) is 10.9 Å². The lowest BCUT2D eigenvalue weighted by atomic mass is 9.97. The number of amides is 2. The van der Waals surface area contributed by atoms with Crippen molar-refractivity contribution in [1.82, 2.24) is 34.9 Å². The maximum atomic E-state index is 14.1. The van der Waals surface area contributed by atoms with Gasteiger partial charge < -0.3 is 30.1 Å². The third-order valence-corrected chi connectivity index (χ3v) is 9.07. The number of rotatable bonds is 7. The zero-order valence-corrected chi connectivity index (χ0v) is 26.4. The summed E-state index contributed by atoms with van der Waals surface area (Å²) in [5.74, 6) is -0.732. The SMILES string of the molecule is CCOC1(c2cccnc2)C=CC(N2CCN(C(=O)n3ccc4cc(F)cc(C#N)c43)C[C@H]2CC)=C(C(=O)N[C@@H]2CCN(C)C2)N1. The van der Waals surface area contributed by atoms with Crippen molar-refractivity contribution in [3.8, 4) is 6.07 Å². The van der Waals surface area contributed by atoms with E-state index in [2.05, 4.69) is 32.3 Å². The van der Waals surface area contributed by atoms with Gasteiger partial charge in [-0.15, -0.1) is 0 Å². The molecule has 0 radical (unpaired) electrons. The Morgan fingerprint density at radius 1 is 1.22 bits per heavy atom. The molecule has 1 unspecified atom stereocenters. The molecule has 3 atom stereocenters. The van der Waals surface area contributed by atoms with Crippen molar-refractivity contribution in [3.63, 3.8) is 0 Å². The first kappa shape index (κ1) is 31.3. The minimum atomic E-state index is -1.08. The van der Waals surface area contributed by atoms with Gasteiger partial charge in [-0.25, -0.2) is 9.18 Å². The van der Waals surface area contributed by atoms with Gasteiger partial charge >= 0.3 is 6.03 Å². The van der Waals surface area contributed by atoms with Gasteiger partial charge in [-0.1, -0.05) is 13.0 Å². The third-order valence-electron chi connectivity index (χ3n) is 9.07. The predicted octanol–water partition coefficient (Wildman–Crippen LogP) is 3.49. The number of dihydropyridines is 1. The minimum absolute atomic E-state index is 0.0263. The average Bonchev–Trinajstić information content (AvgIpc) is 3.69. The summed E-state index contributed by atoms with van der Waals surface area (Å²) in [6, 6.07) is 9.54. The van der Waals surface area contributed by atoms with E-state index in [-0.39, 0.29) is 29.6 Å². The molecule has 0 spiro atoms. The number of nitriles is 1. The number of benzene rings is 1. The highest BCUT2D eigenvalue weighted by atomic mass is 19.1. The number of pyridine rings is 1. The second-order valence-electron chi connectivity index (χ2n) is 12.0. The number of likely N-dealkylation sites (N-methyl/N-ethyl adjacent to an activating group) is 1. The van der Waals surface area contributed by atoms with Gasteiger partial charge in [0.25, 0.3) is 5.91 Å². The maximum Gasteiger partial charge on any atom is 0.328 e. The molecule has 3 aliphatic rings. The normalized spacial score (nSPS) is 23.5. The van der Waals surface area contributed by atoms with Gasteiger partial charge in [0, 0.05) is 74.4 Å². The van der Waals surface area contributed by atoms with Crippen molar-refractivity contribution < 1.29 is 18.7 Å². The number of carbonyl (C=O) groups excluding carboxylic acids is 2. The van der Waals surface area contributed by atoms with Gasteiger partial charge in [-0.3, -0.25) is 14.3 Å². The molecule has 2 amide bonds. The highest BCUT2D eigenvalue weighted by Gasteiger charge is 2.40. The van der Waals surface area contributed by atoms with Crippen LogP contribution >= 0.6 is 0 Å². The molecule has 0 bridgehead atoms. The molecule has 3 aromatic rings. The van der Waals surface area contributed by atoms with Crippen molar-refractivity contribution in [3.05, 3.63) is 89.4 Å². The zero-order chi connectivity index (χ0) is 32.4. The molecule has 5 heterocycles. The molecular weight excluding hydrogens is 587 g/mol. The second kappa shape index (κ2) is 12.9. The van der Waals surface area contributed by atoms with E-state index in [1.807, 2.05) is 44.3 Å². The van der Waals surface area contributed by atoms with E-state index in [0.29, 0.717) is 49.3 Å². The standard InChI is InChI=1S/C34H39FN8O3/c1-4-28-22-41(33(45)43-14-9-23-17-26(35)18-24(19-36)31(23)43)15-16-42(28)29-8-11-34(46-5-2,25-7-6-12-37-20-25)39-30(29)32(44)38-27-10-13-40(3)21-27/h6-9,11-12,14,17-18,20,27-28,39H,4-5,10,13,15-16,21-22H2,1-3H3,(H,38,44)/t27-,28-,34?/m1/s1. The summed E-state index contributed by atoms with van der Waals surface area (Å²) in [5, 5.41) is 16.8.